The quantitative estimate of drug-likeness (QED) is 0.617. The molecule has 2 fully saturated rings. The Balaban J connectivity index is 1.65. The monoisotopic (exact) mass is 389 g/mol. The molecule has 4 rings (SSSR count). The van der Waals surface area contributed by atoms with E-state index in [-0.39, 0.29) is 6.10 Å². The second-order valence-corrected chi connectivity index (χ2v) is 7.24. The minimum Gasteiger partial charge on any atom is -0.493 e. The molecule has 2 aliphatic rings. The molecule has 5 heteroatoms. The fraction of sp³-hybridized carbons (Fsp3) is 0.250. The van der Waals surface area contributed by atoms with E-state index in [9.17, 15) is 9.59 Å². The van der Waals surface area contributed by atoms with Gasteiger partial charge in [0.2, 0.25) is 0 Å². The summed E-state index contributed by atoms with van der Waals surface area (Å²) in [4.78, 5) is 24.6. The number of amides is 2. The summed E-state index contributed by atoms with van der Waals surface area (Å²) in [5.41, 5.74) is 2.31. The van der Waals surface area contributed by atoms with Gasteiger partial charge in [0.25, 0.3) is 11.8 Å². The molecule has 1 aliphatic carbocycles. The molecule has 0 radical (unpaired) electrons. The number of nitrogens with one attached hydrogen (secondary N) is 1. The van der Waals surface area contributed by atoms with Gasteiger partial charge in [-0.15, -0.1) is 0 Å². The van der Waals surface area contributed by atoms with Crippen LogP contribution >= 0.6 is 0 Å². The molecular formula is C24H23NO4. The number of benzene rings is 2. The molecule has 1 saturated heterocycles. The molecular weight excluding hydrogens is 366 g/mol. The lowest BCUT2D eigenvalue weighted by Gasteiger charge is -2.16. The number of ether oxygens (including phenoxy) is 2. The summed E-state index contributed by atoms with van der Waals surface area (Å²) < 4.78 is 11.6. The third-order valence-corrected chi connectivity index (χ3v) is 5.21. The fourth-order valence-electron chi connectivity index (χ4n) is 3.71. The minimum absolute atomic E-state index is 0.228. The number of hydrogen-bond acceptors (Lipinski definition) is 4. The van der Waals surface area contributed by atoms with Gasteiger partial charge in [0.15, 0.2) is 11.5 Å². The number of methoxy groups -OCH3 is 1. The highest BCUT2D eigenvalue weighted by Gasteiger charge is 2.30. The summed E-state index contributed by atoms with van der Waals surface area (Å²) in [7, 11) is 1.60. The lowest BCUT2D eigenvalue weighted by Crippen LogP contribution is -2.19. The Morgan fingerprint density at radius 3 is 2.17 bits per heavy atom. The second-order valence-electron chi connectivity index (χ2n) is 7.24. The molecule has 148 valence electrons. The maximum absolute atomic E-state index is 12.3. The van der Waals surface area contributed by atoms with Crippen LogP contribution in [0, 0.1) is 0 Å². The van der Waals surface area contributed by atoms with Gasteiger partial charge in [0.05, 0.1) is 24.4 Å². The van der Waals surface area contributed by atoms with Crippen LogP contribution in [-0.2, 0) is 9.59 Å². The SMILES string of the molecule is COc1cc(C=C2C(=O)NC(=O)C2=Cc2ccccc2)ccc1OC1CCCC1. The molecule has 0 bridgehead atoms. The molecule has 1 aliphatic heterocycles. The van der Waals surface area contributed by atoms with E-state index in [0.29, 0.717) is 22.6 Å². The van der Waals surface area contributed by atoms with Crippen molar-refractivity contribution >= 4 is 24.0 Å². The molecule has 2 aromatic carbocycles. The number of carbonyl (C=O) groups is 2. The first-order valence-electron chi connectivity index (χ1n) is 9.83. The molecule has 29 heavy (non-hydrogen) atoms. The summed E-state index contributed by atoms with van der Waals surface area (Å²) in [5.74, 6) is 0.527. The largest absolute Gasteiger partial charge is 0.493 e. The molecule has 1 N–H and O–H groups in total. The Morgan fingerprint density at radius 2 is 1.52 bits per heavy atom. The van der Waals surface area contributed by atoms with Crippen LogP contribution in [0.4, 0.5) is 0 Å². The maximum Gasteiger partial charge on any atom is 0.258 e. The van der Waals surface area contributed by atoms with Crippen molar-refractivity contribution in [1.29, 1.82) is 0 Å². The first-order chi connectivity index (χ1) is 14.1. The Kier molecular flexibility index (Phi) is 5.47. The second kappa shape index (κ2) is 8.35. The van der Waals surface area contributed by atoms with Gasteiger partial charge in [0, 0.05) is 0 Å². The van der Waals surface area contributed by atoms with E-state index in [2.05, 4.69) is 5.32 Å². The van der Waals surface area contributed by atoms with Crippen LogP contribution < -0.4 is 14.8 Å². The highest BCUT2D eigenvalue weighted by atomic mass is 16.5. The van der Waals surface area contributed by atoms with E-state index < -0.39 is 11.8 Å². The molecule has 2 aromatic rings. The average molecular weight is 389 g/mol. The topological polar surface area (TPSA) is 64.6 Å². The van der Waals surface area contributed by atoms with E-state index in [4.69, 9.17) is 9.47 Å². The fourth-order valence-corrected chi connectivity index (χ4v) is 3.71. The first-order valence-corrected chi connectivity index (χ1v) is 9.83. The molecule has 0 aromatic heterocycles. The molecule has 0 unspecified atom stereocenters. The van der Waals surface area contributed by atoms with Crippen LogP contribution in [0.3, 0.4) is 0 Å². The van der Waals surface area contributed by atoms with Gasteiger partial charge in [0.1, 0.15) is 0 Å². The predicted octanol–water partition coefficient (Wildman–Crippen LogP) is 4.14. The molecule has 5 nitrogen and oxygen atoms in total. The third-order valence-electron chi connectivity index (χ3n) is 5.21. The normalized spacial score (nSPS) is 19.8. The van der Waals surface area contributed by atoms with E-state index in [1.54, 1.807) is 19.3 Å². The summed E-state index contributed by atoms with van der Waals surface area (Å²) in [6, 6.07) is 15.0. The van der Waals surface area contributed by atoms with Crippen LogP contribution in [0.5, 0.6) is 11.5 Å². The van der Waals surface area contributed by atoms with Crippen LogP contribution in [0.15, 0.2) is 59.7 Å². The zero-order chi connectivity index (χ0) is 20.2. The molecule has 0 atom stereocenters. The lowest BCUT2D eigenvalue weighted by molar-refractivity contribution is -0.123. The Morgan fingerprint density at radius 1 is 0.862 bits per heavy atom. The number of imide groups is 1. The van der Waals surface area contributed by atoms with Crippen molar-refractivity contribution in [2.75, 3.05) is 7.11 Å². The van der Waals surface area contributed by atoms with Crippen molar-refractivity contribution in [2.24, 2.45) is 0 Å². The molecule has 0 spiro atoms. The first kappa shape index (κ1) is 19.0. The predicted molar refractivity (Wildman–Crippen MR) is 111 cm³/mol. The Bertz CT molecular complexity index is 985. The average Bonchev–Trinajstić information content (AvgIpc) is 3.33. The lowest BCUT2D eigenvalue weighted by atomic mass is 10.0. The van der Waals surface area contributed by atoms with Gasteiger partial charge in [-0.25, -0.2) is 0 Å². The van der Waals surface area contributed by atoms with Gasteiger partial charge in [-0.05, 0) is 61.1 Å². The summed E-state index contributed by atoms with van der Waals surface area (Å²) in [6.45, 7) is 0. The van der Waals surface area contributed by atoms with Gasteiger partial charge in [-0.2, -0.15) is 0 Å². The summed E-state index contributed by atoms with van der Waals surface area (Å²) in [5, 5.41) is 2.38. The van der Waals surface area contributed by atoms with Crippen LogP contribution in [0.2, 0.25) is 0 Å². The van der Waals surface area contributed by atoms with Crippen molar-refractivity contribution in [3.05, 3.63) is 70.8 Å². The van der Waals surface area contributed by atoms with Crippen LogP contribution in [0.25, 0.3) is 12.2 Å². The van der Waals surface area contributed by atoms with Crippen molar-refractivity contribution in [3.8, 4) is 11.5 Å². The Hall–Kier alpha value is -3.34. The number of rotatable bonds is 5. The molecule has 2 amide bonds. The highest BCUT2D eigenvalue weighted by molar-refractivity contribution is 6.28. The summed E-state index contributed by atoms with van der Waals surface area (Å²) in [6.07, 6.45) is 8.16. The van der Waals surface area contributed by atoms with Gasteiger partial charge in [-0.3, -0.25) is 14.9 Å². The Labute approximate surface area is 170 Å². The van der Waals surface area contributed by atoms with Gasteiger partial charge < -0.3 is 9.47 Å². The van der Waals surface area contributed by atoms with E-state index in [1.807, 2.05) is 48.5 Å². The third kappa shape index (κ3) is 4.24. The zero-order valence-electron chi connectivity index (χ0n) is 16.3. The number of hydrogen-bond donors (Lipinski definition) is 1. The van der Waals surface area contributed by atoms with Crippen molar-refractivity contribution in [1.82, 2.24) is 5.32 Å². The maximum atomic E-state index is 12.3. The molecule has 1 saturated carbocycles. The highest BCUT2D eigenvalue weighted by Crippen LogP contribution is 2.33. The zero-order valence-corrected chi connectivity index (χ0v) is 16.3. The molecule has 1 heterocycles. The van der Waals surface area contributed by atoms with Crippen molar-refractivity contribution in [3.63, 3.8) is 0 Å². The summed E-state index contributed by atoms with van der Waals surface area (Å²) >= 11 is 0. The minimum atomic E-state index is -0.401. The van der Waals surface area contributed by atoms with Gasteiger partial charge in [-0.1, -0.05) is 36.4 Å². The van der Waals surface area contributed by atoms with E-state index in [0.717, 1.165) is 24.0 Å². The smallest absolute Gasteiger partial charge is 0.258 e. The van der Waals surface area contributed by atoms with Crippen LogP contribution in [0.1, 0.15) is 36.8 Å². The van der Waals surface area contributed by atoms with Crippen molar-refractivity contribution in [2.45, 2.75) is 31.8 Å². The van der Waals surface area contributed by atoms with E-state index >= 15 is 0 Å². The van der Waals surface area contributed by atoms with Crippen molar-refractivity contribution < 1.29 is 19.1 Å². The van der Waals surface area contributed by atoms with E-state index in [1.165, 1.54) is 12.8 Å². The standard InChI is InChI=1S/C24H23NO4/c1-28-22-15-17(11-12-21(22)29-18-9-5-6-10-18)14-20-19(23(26)25-24(20)27)13-16-7-3-2-4-8-16/h2-4,7-8,11-15,18H,5-6,9-10H2,1H3,(H,25,26,27). The van der Waals surface area contributed by atoms with Crippen LogP contribution in [-0.4, -0.2) is 25.0 Å². The number of carbonyl (C=O) groups excluding carboxylic acids is 2. The van der Waals surface area contributed by atoms with Gasteiger partial charge >= 0.3 is 0 Å².